The SMILES string of the molecule is CCNC(=NCc1ccc(OCCN(CC)CC)cc1)NCCCn1nc(C)cc1C.I. The Bertz CT molecular complexity index is 786. The van der Waals surface area contributed by atoms with Crippen LogP contribution < -0.4 is 15.4 Å². The first kappa shape index (κ1) is 28.2. The molecule has 1 aromatic carbocycles. The Morgan fingerprint density at radius 2 is 1.81 bits per heavy atom. The Morgan fingerprint density at radius 1 is 1.09 bits per heavy atom. The number of rotatable bonds is 13. The van der Waals surface area contributed by atoms with E-state index in [0.717, 1.165) is 68.7 Å². The summed E-state index contributed by atoms with van der Waals surface area (Å²) in [5.74, 6) is 1.75. The number of halogens is 1. The van der Waals surface area contributed by atoms with Crippen molar-refractivity contribution in [2.75, 3.05) is 39.3 Å². The summed E-state index contributed by atoms with van der Waals surface area (Å²) >= 11 is 0. The van der Waals surface area contributed by atoms with Gasteiger partial charge in [-0.05, 0) is 64.0 Å². The second kappa shape index (κ2) is 15.9. The van der Waals surface area contributed by atoms with Gasteiger partial charge in [-0.1, -0.05) is 26.0 Å². The van der Waals surface area contributed by atoms with Crippen molar-refractivity contribution in [1.82, 2.24) is 25.3 Å². The van der Waals surface area contributed by atoms with Gasteiger partial charge in [-0.2, -0.15) is 5.10 Å². The molecule has 0 atom stereocenters. The van der Waals surface area contributed by atoms with Crippen LogP contribution in [0.5, 0.6) is 5.75 Å². The lowest BCUT2D eigenvalue weighted by Crippen LogP contribution is -2.38. The van der Waals surface area contributed by atoms with Crippen molar-refractivity contribution in [2.24, 2.45) is 4.99 Å². The molecule has 1 heterocycles. The van der Waals surface area contributed by atoms with Gasteiger partial charge >= 0.3 is 0 Å². The molecular weight excluding hydrogens is 515 g/mol. The Hall–Kier alpha value is -1.81. The highest BCUT2D eigenvalue weighted by atomic mass is 127. The van der Waals surface area contributed by atoms with E-state index in [9.17, 15) is 0 Å². The molecule has 0 unspecified atom stereocenters. The summed E-state index contributed by atoms with van der Waals surface area (Å²) in [5.41, 5.74) is 3.44. The highest BCUT2D eigenvalue weighted by Gasteiger charge is 2.03. The van der Waals surface area contributed by atoms with Crippen LogP contribution in [0.4, 0.5) is 0 Å². The zero-order valence-electron chi connectivity index (χ0n) is 20.4. The van der Waals surface area contributed by atoms with Crippen molar-refractivity contribution in [1.29, 1.82) is 0 Å². The van der Waals surface area contributed by atoms with Crippen LogP contribution in [0.1, 0.15) is 44.1 Å². The van der Waals surface area contributed by atoms with E-state index in [2.05, 4.69) is 71.2 Å². The predicted molar refractivity (Wildman–Crippen MR) is 144 cm³/mol. The molecule has 32 heavy (non-hydrogen) atoms. The Balaban J connectivity index is 0.00000512. The lowest BCUT2D eigenvalue weighted by atomic mass is 10.2. The number of aliphatic imine (C=N–C) groups is 1. The van der Waals surface area contributed by atoms with Gasteiger partial charge in [0.1, 0.15) is 12.4 Å². The summed E-state index contributed by atoms with van der Waals surface area (Å²) in [7, 11) is 0. The third-order valence-corrected chi connectivity index (χ3v) is 5.20. The number of aryl methyl sites for hydroxylation is 3. The van der Waals surface area contributed by atoms with Gasteiger partial charge in [0, 0.05) is 31.9 Å². The quantitative estimate of drug-likeness (QED) is 0.169. The third-order valence-electron chi connectivity index (χ3n) is 5.20. The van der Waals surface area contributed by atoms with E-state index in [1.807, 2.05) is 19.1 Å². The maximum atomic E-state index is 5.86. The number of nitrogens with zero attached hydrogens (tertiary/aromatic N) is 4. The summed E-state index contributed by atoms with van der Waals surface area (Å²) in [6.45, 7) is 17.6. The second-order valence-electron chi connectivity index (χ2n) is 7.65. The maximum Gasteiger partial charge on any atom is 0.191 e. The minimum atomic E-state index is 0. The molecule has 2 rings (SSSR count). The number of guanidine groups is 1. The Labute approximate surface area is 211 Å². The molecule has 7 nitrogen and oxygen atoms in total. The van der Waals surface area contributed by atoms with Crippen molar-refractivity contribution in [3.05, 3.63) is 47.3 Å². The topological polar surface area (TPSA) is 66.7 Å². The summed E-state index contributed by atoms with van der Waals surface area (Å²) < 4.78 is 7.92. The summed E-state index contributed by atoms with van der Waals surface area (Å²) in [5, 5.41) is 11.2. The Morgan fingerprint density at radius 3 is 2.41 bits per heavy atom. The average Bonchev–Trinajstić information content (AvgIpc) is 3.10. The number of nitrogens with one attached hydrogen (secondary N) is 2. The minimum Gasteiger partial charge on any atom is -0.492 e. The lowest BCUT2D eigenvalue weighted by Gasteiger charge is -2.18. The van der Waals surface area contributed by atoms with Crippen molar-refractivity contribution >= 4 is 29.9 Å². The van der Waals surface area contributed by atoms with Crippen LogP contribution in [0.25, 0.3) is 0 Å². The fourth-order valence-corrected chi connectivity index (χ4v) is 3.37. The first-order valence-corrected chi connectivity index (χ1v) is 11.5. The van der Waals surface area contributed by atoms with Crippen LogP contribution in [0, 0.1) is 13.8 Å². The molecule has 8 heteroatoms. The normalized spacial score (nSPS) is 11.4. The fraction of sp³-hybridized carbons (Fsp3) is 0.583. The molecule has 0 aliphatic heterocycles. The van der Waals surface area contributed by atoms with E-state index in [1.54, 1.807) is 0 Å². The zero-order chi connectivity index (χ0) is 22.5. The Kier molecular flexibility index (Phi) is 14.0. The molecule has 0 bridgehead atoms. The van der Waals surface area contributed by atoms with Gasteiger partial charge in [-0.3, -0.25) is 4.68 Å². The smallest absolute Gasteiger partial charge is 0.191 e. The minimum absolute atomic E-state index is 0. The molecule has 0 amide bonds. The van der Waals surface area contributed by atoms with Crippen LogP contribution >= 0.6 is 24.0 Å². The second-order valence-corrected chi connectivity index (χ2v) is 7.65. The van der Waals surface area contributed by atoms with Crippen LogP contribution in [0.15, 0.2) is 35.3 Å². The molecular formula is C24H41IN6O. The summed E-state index contributed by atoms with van der Waals surface area (Å²) in [4.78, 5) is 7.07. The maximum absolute atomic E-state index is 5.86. The van der Waals surface area contributed by atoms with Gasteiger partial charge in [0.15, 0.2) is 5.96 Å². The van der Waals surface area contributed by atoms with E-state index in [0.29, 0.717) is 13.2 Å². The average molecular weight is 557 g/mol. The van der Waals surface area contributed by atoms with Crippen LogP contribution in [0.3, 0.4) is 0 Å². The lowest BCUT2D eigenvalue weighted by molar-refractivity contribution is 0.223. The van der Waals surface area contributed by atoms with Gasteiger partial charge in [0.05, 0.1) is 12.2 Å². The molecule has 2 aromatic rings. The molecule has 0 aliphatic rings. The molecule has 0 fully saturated rings. The highest BCUT2D eigenvalue weighted by molar-refractivity contribution is 14.0. The van der Waals surface area contributed by atoms with Crippen molar-refractivity contribution in [3.8, 4) is 5.75 Å². The number of ether oxygens (including phenoxy) is 1. The summed E-state index contributed by atoms with van der Waals surface area (Å²) in [6.07, 6.45) is 0.992. The molecule has 180 valence electrons. The molecule has 0 saturated heterocycles. The molecule has 2 N–H and O–H groups in total. The number of likely N-dealkylation sites (N-methyl/N-ethyl adjacent to an activating group) is 1. The van der Waals surface area contributed by atoms with E-state index in [4.69, 9.17) is 9.73 Å². The largest absolute Gasteiger partial charge is 0.492 e. The van der Waals surface area contributed by atoms with Crippen LogP contribution in [-0.2, 0) is 13.1 Å². The number of benzene rings is 1. The molecule has 0 spiro atoms. The fourth-order valence-electron chi connectivity index (χ4n) is 3.37. The van der Waals surface area contributed by atoms with Crippen molar-refractivity contribution in [3.63, 3.8) is 0 Å². The van der Waals surface area contributed by atoms with Crippen LogP contribution in [0.2, 0.25) is 0 Å². The van der Waals surface area contributed by atoms with Gasteiger partial charge in [0.25, 0.3) is 0 Å². The van der Waals surface area contributed by atoms with E-state index >= 15 is 0 Å². The van der Waals surface area contributed by atoms with Crippen molar-refractivity contribution < 1.29 is 4.74 Å². The highest BCUT2D eigenvalue weighted by Crippen LogP contribution is 2.13. The number of hydrogen-bond acceptors (Lipinski definition) is 4. The van der Waals surface area contributed by atoms with Gasteiger partial charge in [-0.15, -0.1) is 24.0 Å². The van der Waals surface area contributed by atoms with E-state index in [1.165, 1.54) is 5.69 Å². The van der Waals surface area contributed by atoms with E-state index in [-0.39, 0.29) is 24.0 Å². The van der Waals surface area contributed by atoms with Crippen molar-refractivity contribution in [2.45, 2.75) is 54.1 Å². The van der Waals surface area contributed by atoms with Crippen LogP contribution in [-0.4, -0.2) is 60.0 Å². The molecule has 0 radical (unpaired) electrons. The number of aromatic nitrogens is 2. The van der Waals surface area contributed by atoms with E-state index < -0.39 is 0 Å². The number of hydrogen-bond donors (Lipinski definition) is 2. The third kappa shape index (κ3) is 10.2. The monoisotopic (exact) mass is 556 g/mol. The standard InChI is InChI=1S/C24H40N6O.HI/c1-6-25-24(26-14-9-15-30-21(5)18-20(4)28-30)27-19-22-10-12-23(13-11-22)31-17-16-29(7-2)8-3;/h10-13,18H,6-9,14-17,19H2,1-5H3,(H2,25,26,27);1H. The molecule has 0 aliphatic carbocycles. The summed E-state index contributed by atoms with van der Waals surface area (Å²) in [6, 6.07) is 10.3. The first-order chi connectivity index (χ1) is 15.0. The van der Waals surface area contributed by atoms with Gasteiger partial charge in [-0.25, -0.2) is 4.99 Å². The predicted octanol–water partition coefficient (Wildman–Crippen LogP) is 3.98. The molecule has 1 aromatic heterocycles. The van der Waals surface area contributed by atoms with Gasteiger partial charge < -0.3 is 20.3 Å². The van der Waals surface area contributed by atoms with Gasteiger partial charge in [0.2, 0.25) is 0 Å². The molecule has 0 saturated carbocycles. The zero-order valence-corrected chi connectivity index (χ0v) is 22.7. The first-order valence-electron chi connectivity index (χ1n) is 11.5.